The number of amides is 1. The summed E-state index contributed by atoms with van der Waals surface area (Å²) < 4.78 is 5.69. The molecule has 0 bridgehead atoms. The summed E-state index contributed by atoms with van der Waals surface area (Å²) in [5.41, 5.74) is 6.07. The first-order valence-electron chi connectivity index (χ1n) is 7.30. The predicted octanol–water partition coefficient (Wildman–Crippen LogP) is 1.53. The minimum atomic E-state index is 0.0346. The minimum absolute atomic E-state index is 0.0346. The zero-order valence-electron chi connectivity index (χ0n) is 11.4. The van der Waals surface area contributed by atoms with E-state index in [0.29, 0.717) is 0 Å². The van der Waals surface area contributed by atoms with Gasteiger partial charge in [-0.1, -0.05) is 12.8 Å². The monoisotopic (exact) mass is 254 g/mol. The van der Waals surface area contributed by atoms with E-state index < -0.39 is 0 Å². The van der Waals surface area contributed by atoms with Crippen molar-refractivity contribution < 1.29 is 9.53 Å². The number of ether oxygens (including phenoxy) is 1. The molecule has 2 aliphatic rings. The van der Waals surface area contributed by atoms with Crippen LogP contribution in [0.25, 0.3) is 0 Å². The summed E-state index contributed by atoms with van der Waals surface area (Å²) in [6, 6.07) is 0.0565. The maximum absolute atomic E-state index is 12.4. The number of carbonyl (C=O) groups excluding carboxylic acids is 1. The summed E-state index contributed by atoms with van der Waals surface area (Å²) in [5.74, 6) is 0.253. The molecule has 4 heteroatoms. The van der Waals surface area contributed by atoms with Crippen LogP contribution in [0.4, 0.5) is 0 Å². The molecule has 2 N–H and O–H groups in total. The first-order valence-corrected chi connectivity index (χ1v) is 7.30. The lowest BCUT2D eigenvalue weighted by molar-refractivity contribution is -0.138. The molecule has 0 spiro atoms. The molecule has 1 amide bonds. The number of carbonyl (C=O) groups is 1. The average molecular weight is 254 g/mol. The fourth-order valence-electron chi connectivity index (χ4n) is 3.10. The van der Waals surface area contributed by atoms with E-state index in [9.17, 15) is 4.79 Å². The minimum Gasteiger partial charge on any atom is -0.376 e. The van der Waals surface area contributed by atoms with Crippen molar-refractivity contribution in [1.29, 1.82) is 0 Å². The molecular formula is C14H26N2O2. The second-order valence-corrected chi connectivity index (χ2v) is 5.76. The zero-order chi connectivity index (χ0) is 13.0. The van der Waals surface area contributed by atoms with Gasteiger partial charge >= 0.3 is 0 Å². The molecule has 1 heterocycles. The van der Waals surface area contributed by atoms with Crippen LogP contribution in [-0.4, -0.2) is 43.2 Å². The topological polar surface area (TPSA) is 55.6 Å². The number of rotatable bonds is 3. The summed E-state index contributed by atoms with van der Waals surface area (Å²) in [5, 5.41) is 0. The Labute approximate surface area is 110 Å². The van der Waals surface area contributed by atoms with Crippen LogP contribution in [0.1, 0.15) is 44.9 Å². The fourth-order valence-corrected chi connectivity index (χ4v) is 3.10. The summed E-state index contributed by atoms with van der Waals surface area (Å²) in [6.45, 7) is 1.57. The molecule has 1 saturated heterocycles. The standard InChI is InChI=1S/C14H26N2O2/c1-16(10-11-6-4-5-9-18-11)14(17)12-7-2-3-8-13(12)15/h11-13H,2-10,15H2,1H3. The van der Waals surface area contributed by atoms with Gasteiger partial charge < -0.3 is 15.4 Å². The lowest BCUT2D eigenvalue weighted by Crippen LogP contribution is -2.46. The largest absolute Gasteiger partial charge is 0.376 e. The van der Waals surface area contributed by atoms with E-state index >= 15 is 0 Å². The second-order valence-electron chi connectivity index (χ2n) is 5.76. The molecule has 2 fully saturated rings. The Morgan fingerprint density at radius 3 is 2.61 bits per heavy atom. The van der Waals surface area contributed by atoms with Crippen molar-refractivity contribution in [2.24, 2.45) is 11.7 Å². The Hall–Kier alpha value is -0.610. The van der Waals surface area contributed by atoms with E-state index in [1.807, 2.05) is 11.9 Å². The van der Waals surface area contributed by atoms with Gasteiger partial charge in [0, 0.05) is 26.2 Å². The first-order chi connectivity index (χ1) is 8.68. The third kappa shape index (κ3) is 3.45. The van der Waals surface area contributed by atoms with Crippen molar-refractivity contribution in [3.05, 3.63) is 0 Å². The van der Waals surface area contributed by atoms with Crippen LogP contribution in [0.5, 0.6) is 0 Å². The van der Waals surface area contributed by atoms with Crippen LogP contribution in [0, 0.1) is 5.92 Å². The number of nitrogens with zero attached hydrogens (tertiary/aromatic N) is 1. The molecule has 18 heavy (non-hydrogen) atoms. The molecule has 0 aromatic rings. The van der Waals surface area contributed by atoms with Gasteiger partial charge in [0.25, 0.3) is 0 Å². The van der Waals surface area contributed by atoms with E-state index in [1.54, 1.807) is 0 Å². The van der Waals surface area contributed by atoms with E-state index in [0.717, 1.165) is 45.3 Å². The molecule has 2 rings (SSSR count). The Morgan fingerprint density at radius 2 is 1.94 bits per heavy atom. The number of hydrogen-bond donors (Lipinski definition) is 1. The van der Waals surface area contributed by atoms with Crippen LogP contribution in [0.3, 0.4) is 0 Å². The van der Waals surface area contributed by atoms with Crippen molar-refractivity contribution in [3.8, 4) is 0 Å². The third-order valence-electron chi connectivity index (χ3n) is 4.26. The summed E-state index contributed by atoms with van der Waals surface area (Å²) in [7, 11) is 1.89. The van der Waals surface area contributed by atoms with Gasteiger partial charge in [0.2, 0.25) is 5.91 Å². The first kappa shape index (κ1) is 13.8. The number of likely N-dealkylation sites (N-methyl/N-ethyl adjacent to an activating group) is 1. The second kappa shape index (κ2) is 6.53. The maximum atomic E-state index is 12.4. The molecule has 0 aromatic carbocycles. The molecule has 104 valence electrons. The van der Waals surface area contributed by atoms with Crippen molar-refractivity contribution >= 4 is 5.91 Å². The van der Waals surface area contributed by atoms with Gasteiger partial charge in [0.05, 0.1) is 12.0 Å². The van der Waals surface area contributed by atoms with Gasteiger partial charge in [-0.2, -0.15) is 0 Å². The van der Waals surface area contributed by atoms with Crippen molar-refractivity contribution in [2.75, 3.05) is 20.2 Å². The van der Waals surface area contributed by atoms with Crippen molar-refractivity contribution in [2.45, 2.75) is 57.1 Å². The quantitative estimate of drug-likeness (QED) is 0.831. The molecule has 4 nitrogen and oxygen atoms in total. The number of hydrogen-bond acceptors (Lipinski definition) is 3. The highest BCUT2D eigenvalue weighted by molar-refractivity contribution is 5.79. The zero-order valence-corrected chi connectivity index (χ0v) is 11.4. The lowest BCUT2D eigenvalue weighted by Gasteiger charge is -2.33. The summed E-state index contributed by atoms with van der Waals surface area (Å²) in [6.07, 6.45) is 7.93. The maximum Gasteiger partial charge on any atom is 0.227 e. The van der Waals surface area contributed by atoms with Crippen LogP contribution in [0.15, 0.2) is 0 Å². The van der Waals surface area contributed by atoms with E-state index in [-0.39, 0.29) is 24.0 Å². The molecule has 0 aromatic heterocycles. The average Bonchev–Trinajstić information content (AvgIpc) is 2.39. The van der Waals surface area contributed by atoms with Crippen molar-refractivity contribution in [3.63, 3.8) is 0 Å². The van der Waals surface area contributed by atoms with Crippen LogP contribution in [-0.2, 0) is 9.53 Å². The Bertz CT molecular complexity index is 277. The molecule has 3 unspecified atom stereocenters. The van der Waals surface area contributed by atoms with Gasteiger partial charge in [0.1, 0.15) is 0 Å². The Morgan fingerprint density at radius 1 is 1.22 bits per heavy atom. The third-order valence-corrected chi connectivity index (χ3v) is 4.26. The van der Waals surface area contributed by atoms with E-state index in [1.165, 1.54) is 12.8 Å². The van der Waals surface area contributed by atoms with Gasteiger partial charge in [-0.25, -0.2) is 0 Å². The highest BCUT2D eigenvalue weighted by Crippen LogP contribution is 2.25. The molecule has 3 atom stereocenters. The van der Waals surface area contributed by atoms with Gasteiger partial charge in [-0.15, -0.1) is 0 Å². The van der Waals surface area contributed by atoms with Gasteiger partial charge in [-0.3, -0.25) is 4.79 Å². The molecule has 1 aliphatic carbocycles. The highest BCUT2D eigenvalue weighted by atomic mass is 16.5. The van der Waals surface area contributed by atoms with Gasteiger partial charge in [-0.05, 0) is 32.1 Å². The molecule has 1 aliphatic heterocycles. The smallest absolute Gasteiger partial charge is 0.227 e. The fraction of sp³-hybridized carbons (Fsp3) is 0.929. The SMILES string of the molecule is CN(CC1CCCCO1)C(=O)C1CCCCC1N. The van der Waals surface area contributed by atoms with E-state index in [2.05, 4.69) is 0 Å². The van der Waals surface area contributed by atoms with Crippen LogP contribution >= 0.6 is 0 Å². The normalized spacial score (nSPS) is 33.1. The summed E-state index contributed by atoms with van der Waals surface area (Å²) >= 11 is 0. The lowest BCUT2D eigenvalue weighted by atomic mass is 9.84. The van der Waals surface area contributed by atoms with Crippen molar-refractivity contribution in [1.82, 2.24) is 4.90 Å². The Kier molecular flexibility index (Phi) is 5.01. The molecule has 0 radical (unpaired) electrons. The van der Waals surface area contributed by atoms with Gasteiger partial charge in [0.15, 0.2) is 0 Å². The molecule has 1 saturated carbocycles. The van der Waals surface area contributed by atoms with Crippen LogP contribution in [0.2, 0.25) is 0 Å². The number of nitrogens with two attached hydrogens (primary N) is 1. The Balaban J connectivity index is 1.83. The van der Waals surface area contributed by atoms with E-state index in [4.69, 9.17) is 10.5 Å². The molecular weight excluding hydrogens is 228 g/mol. The predicted molar refractivity (Wildman–Crippen MR) is 71.2 cm³/mol. The summed E-state index contributed by atoms with van der Waals surface area (Å²) in [4.78, 5) is 14.2. The van der Waals surface area contributed by atoms with Crippen LogP contribution < -0.4 is 5.73 Å². The highest BCUT2D eigenvalue weighted by Gasteiger charge is 2.31.